The third-order valence-corrected chi connectivity index (χ3v) is 3.40. The summed E-state index contributed by atoms with van der Waals surface area (Å²) in [6.07, 6.45) is -4.02. The van der Waals surface area contributed by atoms with E-state index in [9.17, 15) is 13.2 Å². The van der Waals surface area contributed by atoms with Crippen molar-refractivity contribution in [2.24, 2.45) is 0 Å². The summed E-state index contributed by atoms with van der Waals surface area (Å²) in [6.45, 7) is 2.18. The Kier molecular flexibility index (Phi) is 7.06. The lowest BCUT2D eigenvalue weighted by Crippen LogP contribution is -2.51. The Hall–Kier alpha value is -0.370. The number of methoxy groups -OCH3 is 1. The lowest BCUT2D eigenvalue weighted by Gasteiger charge is -2.37. The van der Waals surface area contributed by atoms with Crippen LogP contribution in [0.2, 0.25) is 0 Å². The molecule has 0 aromatic rings. The predicted octanol–water partition coefficient (Wildman–Crippen LogP) is 1.00. The molecule has 0 aliphatic carbocycles. The Bertz CT molecular complexity index is 252. The molecule has 1 heterocycles. The molecule has 1 aliphatic heterocycles. The largest absolute Gasteiger partial charge is 0.415 e. The van der Waals surface area contributed by atoms with E-state index < -0.39 is 12.3 Å². The van der Waals surface area contributed by atoms with Gasteiger partial charge in [0.05, 0.1) is 6.61 Å². The second-order valence-electron chi connectivity index (χ2n) is 4.90. The molecule has 114 valence electrons. The minimum absolute atomic E-state index is 0.0580. The number of piperidine rings is 1. The van der Waals surface area contributed by atoms with Crippen LogP contribution in [0, 0.1) is 0 Å². The number of aliphatic hydroxyl groups excluding tert-OH is 1. The number of β-amino-alcohol motifs (C(OH)–C–C–N with tert-alkyl or cyclic N) is 1. The van der Waals surface area contributed by atoms with Crippen molar-refractivity contribution < 1.29 is 23.0 Å². The summed E-state index contributed by atoms with van der Waals surface area (Å²) in [5, 5.41) is 12.3. The molecule has 2 atom stereocenters. The molecule has 0 spiro atoms. The van der Waals surface area contributed by atoms with Crippen LogP contribution in [0.5, 0.6) is 0 Å². The van der Waals surface area contributed by atoms with Crippen LogP contribution >= 0.6 is 0 Å². The fourth-order valence-corrected chi connectivity index (χ4v) is 2.30. The van der Waals surface area contributed by atoms with Crippen molar-refractivity contribution in [3.05, 3.63) is 0 Å². The maximum Gasteiger partial charge on any atom is 0.415 e. The molecule has 0 bridgehead atoms. The van der Waals surface area contributed by atoms with Gasteiger partial charge in [0.25, 0.3) is 0 Å². The van der Waals surface area contributed by atoms with Gasteiger partial charge in [0.1, 0.15) is 0 Å². The van der Waals surface area contributed by atoms with Crippen LogP contribution in [0.25, 0.3) is 0 Å². The highest BCUT2D eigenvalue weighted by atomic mass is 19.4. The van der Waals surface area contributed by atoms with Crippen LogP contribution < -0.4 is 5.32 Å². The zero-order chi connectivity index (χ0) is 14.3. The van der Waals surface area contributed by atoms with Crippen molar-refractivity contribution in [1.29, 1.82) is 0 Å². The molecule has 4 nitrogen and oxygen atoms in total. The first-order chi connectivity index (χ1) is 8.95. The molecule has 2 N–H and O–H groups in total. The number of ether oxygens (including phenoxy) is 1. The van der Waals surface area contributed by atoms with Gasteiger partial charge in [0.2, 0.25) is 0 Å². The molecule has 7 heteroatoms. The van der Waals surface area contributed by atoms with Gasteiger partial charge < -0.3 is 15.2 Å². The maximum atomic E-state index is 12.4. The van der Waals surface area contributed by atoms with Gasteiger partial charge in [-0.05, 0) is 19.4 Å². The number of hydrogen-bond donors (Lipinski definition) is 2. The third-order valence-electron chi connectivity index (χ3n) is 3.40. The number of rotatable bonds is 7. The normalized spacial score (nSPS) is 23.5. The molecular formula is C12H23F3N2O2. The van der Waals surface area contributed by atoms with E-state index in [4.69, 9.17) is 9.84 Å². The van der Waals surface area contributed by atoms with Gasteiger partial charge in [0.15, 0.2) is 6.10 Å². The standard InChI is InChI=1S/C12H23F3N2O2/c1-19-7-5-16-8-10-4-2-3-6-17(10)9-11(18)12(13,14)15/h10-11,16,18H,2-9H2,1H3. The number of nitrogens with one attached hydrogen (secondary N) is 1. The Morgan fingerprint density at radius 1 is 1.42 bits per heavy atom. The van der Waals surface area contributed by atoms with Crippen LogP contribution in [0.15, 0.2) is 0 Å². The summed E-state index contributed by atoms with van der Waals surface area (Å²) in [4.78, 5) is 1.74. The van der Waals surface area contributed by atoms with Crippen molar-refractivity contribution in [1.82, 2.24) is 10.2 Å². The zero-order valence-electron chi connectivity index (χ0n) is 11.2. The Morgan fingerprint density at radius 3 is 2.79 bits per heavy atom. The second kappa shape index (κ2) is 8.04. The molecule has 1 aliphatic rings. The van der Waals surface area contributed by atoms with Crippen molar-refractivity contribution in [3.63, 3.8) is 0 Å². The topological polar surface area (TPSA) is 44.7 Å². The number of aliphatic hydroxyl groups is 1. The van der Waals surface area contributed by atoms with Crippen LogP contribution in [0.4, 0.5) is 13.2 Å². The number of hydrogen-bond acceptors (Lipinski definition) is 4. The summed E-state index contributed by atoms with van der Waals surface area (Å²) in [5.41, 5.74) is 0. The number of nitrogens with zero attached hydrogens (tertiary/aromatic N) is 1. The summed E-state index contributed by atoms with van der Waals surface area (Å²) < 4.78 is 42.0. The highest BCUT2D eigenvalue weighted by Gasteiger charge is 2.40. The van der Waals surface area contributed by atoms with Crippen molar-refractivity contribution >= 4 is 0 Å². The van der Waals surface area contributed by atoms with Gasteiger partial charge in [-0.1, -0.05) is 6.42 Å². The van der Waals surface area contributed by atoms with E-state index in [-0.39, 0.29) is 12.6 Å². The van der Waals surface area contributed by atoms with Crippen molar-refractivity contribution in [3.8, 4) is 0 Å². The van der Waals surface area contributed by atoms with E-state index in [2.05, 4.69) is 5.32 Å². The van der Waals surface area contributed by atoms with E-state index >= 15 is 0 Å². The highest BCUT2D eigenvalue weighted by Crippen LogP contribution is 2.23. The second-order valence-corrected chi connectivity index (χ2v) is 4.90. The average molecular weight is 284 g/mol. The van der Waals surface area contributed by atoms with Crippen LogP contribution in [0.3, 0.4) is 0 Å². The molecule has 0 amide bonds. The molecule has 0 aromatic carbocycles. The first-order valence-corrected chi connectivity index (χ1v) is 6.63. The fraction of sp³-hybridized carbons (Fsp3) is 1.00. The van der Waals surface area contributed by atoms with E-state index in [0.29, 0.717) is 26.2 Å². The van der Waals surface area contributed by atoms with Gasteiger partial charge in [-0.3, -0.25) is 4.90 Å². The van der Waals surface area contributed by atoms with Crippen molar-refractivity contribution in [2.45, 2.75) is 37.6 Å². The van der Waals surface area contributed by atoms with Gasteiger partial charge in [-0.25, -0.2) is 0 Å². The van der Waals surface area contributed by atoms with Gasteiger partial charge >= 0.3 is 6.18 Å². The first kappa shape index (κ1) is 16.7. The average Bonchev–Trinajstić information content (AvgIpc) is 2.35. The van der Waals surface area contributed by atoms with Crippen LogP contribution in [-0.4, -0.2) is 68.2 Å². The molecule has 1 fully saturated rings. The first-order valence-electron chi connectivity index (χ1n) is 6.63. The monoisotopic (exact) mass is 284 g/mol. The predicted molar refractivity (Wildman–Crippen MR) is 66.0 cm³/mol. The highest BCUT2D eigenvalue weighted by molar-refractivity contribution is 4.82. The molecular weight excluding hydrogens is 261 g/mol. The lowest BCUT2D eigenvalue weighted by molar-refractivity contribution is -0.210. The lowest BCUT2D eigenvalue weighted by atomic mass is 10.0. The molecule has 1 saturated heterocycles. The van der Waals surface area contributed by atoms with Crippen LogP contribution in [-0.2, 0) is 4.74 Å². The fourth-order valence-electron chi connectivity index (χ4n) is 2.30. The maximum absolute atomic E-state index is 12.4. The van der Waals surface area contributed by atoms with E-state index in [1.807, 2.05) is 0 Å². The minimum atomic E-state index is -4.54. The van der Waals surface area contributed by atoms with E-state index in [0.717, 1.165) is 19.3 Å². The molecule has 0 radical (unpaired) electrons. The Morgan fingerprint density at radius 2 is 2.16 bits per heavy atom. The summed E-state index contributed by atoms with van der Waals surface area (Å²) >= 11 is 0. The Labute approximate surface area is 111 Å². The van der Waals surface area contributed by atoms with E-state index in [1.54, 1.807) is 12.0 Å². The van der Waals surface area contributed by atoms with Gasteiger partial charge in [-0.2, -0.15) is 13.2 Å². The molecule has 2 unspecified atom stereocenters. The number of likely N-dealkylation sites (tertiary alicyclic amines) is 1. The summed E-state index contributed by atoms with van der Waals surface area (Å²) in [5.74, 6) is 0. The zero-order valence-corrected chi connectivity index (χ0v) is 11.2. The van der Waals surface area contributed by atoms with E-state index in [1.165, 1.54) is 0 Å². The number of halogens is 3. The molecule has 1 rings (SSSR count). The third kappa shape index (κ3) is 6.07. The molecule has 0 aromatic heterocycles. The summed E-state index contributed by atoms with van der Waals surface area (Å²) in [7, 11) is 1.61. The van der Waals surface area contributed by atoms with Gasteiger partial charge in [-0.15, -0.1) is 0 Å². The van der Waals surface area contributed by atoms with Crippen molar-refractivity contribution in [2.75, 3.05) is 39.9 Å². The number of alkyl halides is 3. The van der Waals surface area contributed by atoms with Gasteiger partial charge in [0, 0.05) is 32.8 Å². The van der Waals surface area contributed by atoms with Crippen LogP contribution in [0.1, 0.15) is 19.3 Å². The molecule has 0 saturated carbocycles. The Balaban J connectivity index is 2.39. The minimum Gasteiger partial charge on any atom is -0.383 e. The molecule has 19 heavy (non-hydrogen) atoms. The summed E-state index contributed by atoms with van der Waals surface area (Å²) in [6, 6.07) is 0.0580. The quantitative estimate of drug-likeness (QED) is 0.685. The SMILES string of the molecule is COCCNCC1CCCCN1CC(O)C(F)(F)F. The smallest absolute Gasteiger partial charge is 0.383 e.